The fraction of sp³-hybridized carbons (Fsp3) is 0.273. The first-order valence-electron chi connectivity index (χ1n) is 9.20. The van der Waals surface area contributed by atoms with E-state index in [9.17, 15) is 9.18 Å². The van der Waals surface area contributed by atoms with Crippen molar-refractivity contribution < 1.29 is 13.9 Å². The van der Waals surface area contributed by atoms with Gasteiger partial charge in [0.2, 0.25) is 0 Å². The highest BCUT2D eigenvalue weighted by Crippen LogP contribution is 2.19. The molecule has 0 radical (unpaired) electrons. The number of hydrogen-bond acceptors (Lipinski definition) is 3. The Morgan fingerprint density at radius 1 is 1.15 bits per heavy atom. The molecule has 1 aliphatic rings. The number of nitrogens with zero attached hydrogens (tertiary/aromatic N) is 2. The van der Waals surface area contributed by atoms with Crippen LogP contribution in [-0.4, -0.2) is 35.0 Å². The SMILES string of the molecule is O=C(c1ccc2ccccc2n1)N(Cc1cccc(F)c1)C[C@@H]1CCCO1. The number of para-hydroxylation sites is 1. The minimum absolute atomic E-state index is 0.0166. The number of halogens is 1. The van der Waals surface area contributed by atoms with E-state index in [0.717, 1.165) is 35.9 Å². The van der Waals surface area contributed by atoms with Gasteiger partial charge in [-0.2, -0.15) is 0 Å². The summed E-state index contributed by atoms with van der Waals surface area (Å²) in [7, 11) is 0. The second kappa shape index (κ2) is 7.84. The second-order valence-corrected chi connectivity index (χ2v) is 6.84. The van der Waals surface area contributed by atoms with Crippen LogP contribution >= 0.6 is 0 Å². The minimum atomic E-state index is -0.305. The maximum atomic E-state index is 13.6. The molecule has 2 heterocycles. The number of pyridine rings is 1. The lowest BCUT2D eigenvalue weighted by Gasteiger charge is -2.25. The van der Waals surface area contributed by atoms with Gasteiger partial charge >= 0.3 is 0 Å². The van der Waals surface area contributed by atoms with Gasteiger partial charge in [-0.1, -0.05) is 36.4 Å². The highest BCUT2D eigenvalue weighted by molar-refractivity contribution is 5.94. The summed E-state index contributed by atoms with van der Waals surface area (Å²) in [6, 6.07) is 17.7. The van der Waals surface area contributed by atoms with Gasteiger partial charge < -0.3 is 9.64 Å². The van der Waals surface area contributed by atoms with Crippen LogP contribution in [0.15, 0.2) is 60.7 Å². The summed E-state index contributed by atoms with van der Waals surface area (Å²) >= 11 is 0. The van der Waals surface area contributed by atoms with Crippen molar-refractivity contribution >= 4 is 16.8 Å². The standard InChI is InChI=1S/C22H21FN2O2/c23-18-7-3-5-16(13-18)14-25(15-19-8-4-12-27-19)22(26)21-11-10-17-6-1-2-9-20(17)24-21/h1-3,5-7,9-11,13,19H,4,8,12,14-15H2/t19-/m0/s1. The average Bonchev–Trinajstić information content (AvgIpc) is 3.20. The fourth-order valence-corrected chi connectivity index (χ4v) is 3.46. The van der Waals surface area contributed by atoms with Crippen LogP contribution in [0.5, 0.6) is 0 Å². The summed E-state index contributed by atoms with van der Waals surface area (Å²) in [6.07, 6.45) is 1.95. The largest absolute Gasteiger partial charge is 0.376 e. The molecule has 0 unspecified atom stereocenters. The van der Waals surface area contributed by atoms with Gasteiger partial charge in [-0.05, 0) is 42.7 Å². The zero-order valence-corrected chi connectivity index (χ0v) is 15.0. The number of hydrogen-bond donors (Lipinski definition) is 0. The van der Waals surface area contributed by atoms with Crippen LogP contribution in [0.4, 0.5) is 4.39 Å². The number of carbonyl (C=O) groups excluding carboxylic acids is 1. The van der Waals surface area contributed by atoms with Crippen molar-refractivity contribution in [1.29, 1.82) is 0 Å². The summed E-state index contributed by atoms with van der Waals surface area (Å²) in [6.45, 7) is 1.52. The van der Waals surface area contributed by atoms with Gasteiger partial charge in [-0.3, -0.25) is 4.79 Å². The average molecular weight is 364 g/mol. The summed E-state index contributed by atoms with van der Waals surface area (Å²) in [5, 5.41) is 0.991. The monoisotopic (exact) mass is 364 g/mol. The Hall–Kier alpha value is -2.79. The Balaban J connectivity index is 1.61. The number of aromatic nitrogens is 1. The lowest BCUT2D eigenvalue weighted by Crippen LogP contribution is -2.37. The van der Waals surface area contributed by atoms with Crippen LogP contribution in [0.25, 0.3) is 10.9 Å². The summed E-state index contributed by atoms with van der Waals surface area (Å²) < 4.78 is 19.3. The third kappa shape index (κ3) is 4.14. The predicted octanol–water partition coefficient (Wildman–Crippen LogP) is 4.20. The third-order valence-electron chi connectivity index (χ3n) is 4.82. The Kier molecular flexibility index (Phi) is 5.12. The Morgan fingerprint density at radius 3 is 2.85 bits per heavy atom. The zero-order valence-electron chi connectivity index (χ0n) is 15.0. The van der Waals surface area contributed by atoms with E-state index in [1.165, 1.54) is 12.1 Å². The highest BCUT2D eigenvalue weighted by atomic mass is 19.1. The first kappa shape index (κ1) is 17.6. The number of rotatable bonds is 5. The third-order valence-corrected chi connectivity index (χ3v) is 4.82. The summed E-state index contributed by atoms with van der Waals surface area (Å²) in [5.74, 6) is -0.471. The van der Waals surface area contributed by atoms with E-state index in [1.807, 2.05) is 36.4 Å². The fourth-order valence-electron chi connectivity index (χ4n) is 3.46. The van der Waals surface area contributed by atoms with Gasteiger partial charge in [0.1, 0.15) is 11.5 Å². The molecule has 2 aromatic carbocycles. The van der Waals surface area contributed by atoms with Crippen molar-refractivity contribution in [1.82, 2.24) is 9.88 Å². The normalized spacial score (nSPS) is 16.6. The number of benzene rings is 2. The van der Waals surface area contributed by atoms with Gasteiger partial charge in [-0.15, -0.1) is 0 Å². The maximum absolute atomic E-state index is 13.6. The van der Waals surface area contributed by atoms with Crippen molar-refractivity contribution in [2.45, 2.75) is 25.5 Å². The molecule has 0 spiro atoms. The van der Waals surface area contributed by atoms with E-state index in [0.29, 0.717) is 18.8 Å². The minimum Gasteiger partial charge on any atom is -0.376 e. The molecule has 0 bridgehead atoms. The molecule has 3 aromatic rings. The van der Waals surface area contributed by atoms with Crippen molar-refractivity contribution in [3.05, 3.63) is 77.7 Å². The molecule has 0 saturated carbocycles. The molecule has 4 rings (SSSR count). The molecule has 5 heteroatoms. The molecule has 1 aliphatic heterocycles. The molecule has 138 valence electrons. The number of carbonyl (C=O) groups is 1. The molecule has 4 nitrogen and oxygen atoms in total. The van der Waals surface area contributed by atoms with Gasteiger partial charge in [0.25, 0.3) is 5.91 Å². The predicted molar refractivity (Wildman–Crippen MR) is 102 cm³/mol. The quantitative estimate of drug-likeness (QED) is 0.682. The zero-order chi connectivity index (χ0) is 18.6. The second-order valence-electron chi connectivity index (χ2n) is 6.84. The highest BCUT2D eigenvalue weighted by Gasteiger charge is 2.24. The molecule has 0 N–H and O–H groups in total. The van der Waals surface area contributed by atoms with Crippen LogP contribution in [0, 0.1) is 5.82 Å². The van der Waals surface area contributed by atoms with Crippen LogP contribution in [-0.2, 0) is 11.3 Å². The van der Waals surface area contributed by atoms with Gasteiger partial charge in [0.05, 0.1) is 11.6 Å². The smallest absolute Gasteiger partial charge is 0.272 e. The summed E-state index contributed by atoms with van der Waals surface area (Å²) in [4.78, 5) is 19.4. The van der Waals surface area contributed by atoms with Crippen molar-refractivity contribution in [3.8, 4) is 0 Å². The Bertz CT molecular complexity index is 954. The van der Waals surface area contributed by atoms with E-state index >= 15 is 0 Å². The van der Waals surface area contributed by atoms with E-state index in [-0.39, 0.29) is 17.8 Å². The topological polar surface area (TPSA) is 42.4 Å². The van der Waals surface area contributed by atoms with Gasteiger partial charge in [0.15, 0.2) is 0 Å². The maximum Gasteiger partial charge on any atom is 0.272 e. The van der Waals surface area contributed by atoms with Gasteiger partial charge in [0, 0.05) is 25.1 Å². The lowest BCUT2D eigenvalue weighted by atomic mass is 10.1. The molecule has 1 amide bonds. The van der Waals surface area contributed by atoms with Crippen LogP contribution < -0.4 is 0 Å². The van der Waals surface area contributed by atoms with Crippen LogP contribution in [0.1, 0.15) is 28.9 Å². The molecular weight excluding hydrogens is 343 g/mol. The van der Waals surface area contributed by atoms with Gasteiger partial charge in [-0.25, -0.2) is 9.37 Å². The molecule has 0 aliphatic carbocycles. The molecule has 1 saturated heterocycles. The Morgan fingerprint density at radius 2 is 2.04 bits per heavy atom. The van der Waals surface area contributed by atoms with Crippen molar-refractivity contribution in [2.75, 3.05) is 13.2 Å². The summed E-state index contributed by atoms with van der Waals surface area (Å²) in [5.41, 5.74) is 1.93. The first-order valence-corrected chi connectivity index (χ1v) is 9.20. The molecule has 1 atom stereocenters. The van der Waals surface area contributed by atoms with E-state index < -0.39 is 0 Å². The number of ether oxygens (including phenoxy) is 1. The Labute approximate surface area is 157 Å². The van der Waals surface area contributed by atoms with E-state index in [1.54, 1.807) is 17.0 Å². The number of amides is 1. The van der Waals surface area contributed by atoms with Crippen LogP contribution in [0.3, 0.4) is 0 Å². The van der Waals surface area contributed by atoms with Crippen LogP contribution in [0.2, 0.25) is 0 Å². The molecule has 27 heavy (non-hydrogen) atoms. The van der Waals surface area contributed by atoms with Crippen molar-refractivity contribution in [2.24, 2.45) is 0 Å². The molecule has 1 fully saturated rings. The lowest BCUT2D eigenvalue weighted by molar-refractivity contribution is 0.0503. The first-order chi connectivity index (χ1) is 13.2. The molecular formula is C22H21FN2O2. The van der Waals surface area contributed by atoms with E-state index in [2.05, 4.69) is 4.98 Å². The van der Waals surface area contributed by atoms with E-state index in [4.69, 9.17) is 4.74 Å². The molecule has 1 aromatic heterocycles. The van der Waals surface area contributed by atoms with Crippen molar-refractivity contribution in [3.63, 3.8) is 0 Å². The number of fused-ring (bicyclic) bond motifs is 1.